The molecule has 94 heavy (non-hydrogen) atoms. The van der Waals surface area contributed by atoms with Gasteiger partial charge < -0.3 is 56.8 Å². The van der Waals surface area contributed by atoms with Gasteiger partial charge in [0.25, 0.3) is 0 Å². The first kappa shape index (κ1) is 74.6. The summed E-state index contributed by atoms with van der Waals surface area (Å²) in [5.74, 6) is 2.11. The van der Waals surface area contributed by atoms with Gasteiger partial charge in [-0.25, -0.2) is 4.57 Å². The van der Waals surface area contributed by atoms with Crippen LogP contribution in [0.3, 0.4) is 0 Å². The van der Waals surface area contributed by atoms with Crippen molar-refractivity contribution in [2.75, 3.05) is 48.8 Å². The van der Waals surface area contributed by atoms with E-state index in [0.717, 1.165) is 47.1 Å². The molecule has 1 fully saturated rings. The van der Waals surface area contributed by atoms with Crippen LogP contribution in [-0.2, 0) is 101 Å². The van der Waals surface area contributed by atoms with Crippen LogP contribution in [0.4, 0.5) is 0 Å². The van der Waals surface area contributed by atoms with Gasteiger partial charge in [0.1, 0.15) is 72.0 Å². The summed E-state index contributed by atoms with van der Waals surface area (Å²) in [6, 6.07) is 46.4. The third-order valence-electron chi connectivity index (χ3n) is 16.3. The number of hydrogen-bond donors (Lipinski definition) is 0. The third kappa shape index (κ3) is 26.1. The number of phosphoric ester groups is 1. The van der Waals surface area contributed by atoms with E-state index < -0.39 is 75.7 Å². The summed E-state index contributed by atoms with van der Waals surface area (Å²) < 4.78 is 111. The number of hydrogen-bond acceptors (Lipinski definition) is 18. The number of carbonyl (C=O) groups is 2. The first-order chi connectivity index (χ1) is 45.9. The van der Waals surface area contributed by atoms with Crippen molar-refractivity contribution >= 4 is 19.8 Å². The second kappa shape index (κ2) is 41.9. The number of ether oxygens (including phenoxy) is 12. The van der Waals surface area contributed by atoms with Crippen LogP contribution in [0.1, 0.15) is 144 Å². The van der Waals surface area contributed by atoms with Gasteiger partial charge >= 0.3 is 19.8 Å². The maximum absolute atomic E-state index is 16.3. The van der Waals surface area contributed by atoms with Gasteiger partial charge in [0.15, 0.2) is 6.10 Å². The molecule has 19 heteroatoms. The van der Waals surface area contributed by atoms with Crippen molar-refractivity contribution in [3.63, 3.8) is 0 Å². The summed E-state index contributed by atoms with van der Waals surface area (Å²) in [5.41, 5.74) is 4.52. The minimum absolute atomic E-state index is 0.0234. The van der Waals surface area contributed by atoms with Crippen LogP contribution in [0.5, 0.6) is 28.7 Å². The van der Waals surface area contributed by atoms with Gasteiger partial charge in [-0.2, -0.15) is 0 Å². The first-order valence-electron chi connectivity index (χ1n) is 33.1. The van der Waals surface area contributed by atoms with Crippen molar-refractivity contribution in [2.45, 2.75) is 193 Å². The van der Waals surface area contributed by atoms with E-state index in [-0.39, 0.29) is 46.1 Å². The molecule has 512 valence electrons. The molecule has 1 saturated carbocycles. The van der Waals surface area contributed by atoms with Crippen molar-refractivity contribution in [1.82, 2.24) is 0 Å². The van der Waals surface area contributed by atoms with Crippen molar-refractivity contribution < 1.29 is 84.6 Å². The normalized spacial score (nSPS) is 17.9. The summed E-state index contributed by atoms with van der Waals surface area (Å²) >= 11 is 0. The van der Waals surface area contributed by atoms with Gasteiger partial charge in [-0.3, -0.25) is 23.2 Å². The van der Waals surface area contributed by atoms with E-state index in [2.05, 4.69) is 6.92 Å². The Morgan fingerprint density at radius 3 is 1.00 bits per heavy atom. The van der Waals surface area contributed by atoms with Gasteiger partial charge in [-0.05, 0) is 100 Å². The molecule has 0 spiro atoms. The molecule has 0 saturated heterocycles. The van der Waals surface area contributed by atoms with Crippen LogP contribution in [0.2, 0.25) is 0 Å². The fourth-order valence-electron chi connectivity index (χ4n) is 11.0. The smallest absolute Gasteiger partial charge is 0.475 e. The topological polar surface area (TPSA) is 190 Å². The zero-order valence-electron chi connectivity index (χ0n) is 56.0. The average molecular weight is 1320 g/mol. The Kier molecular flexibility index (Phi) is 33.2. The summed E-state index contributed by atoms with van der Waals surface area (Å²) in [6.07, 6.45) is 8.34. The number of methoxy groups -OCH3 is 5. The van der Waals surface area contributed by atoms with Crippen LogP contribution in [0, 0.1) is 0 Å². The Hall–Kier alpha value is -6.83. The molecule has 8 atom stereocenters. The molecule has 0 heterocycles. The largest absolute Gasteiger partial charge is 0.497 e. The highest BCUT2D eigenvalue weighted by molar-refractivity contribution is 7.48. The van der Waals surface area contributed by atoms with E-state index in [4.69, 9.17) is 70.4 Å². The molecular weight excluding hydrogens is 1220 g/mol. The molecular formula is C75H99O18P. The predicted molar refractivity (Wildman–Crippen MR) is 359 cm³/mol. The molecule has 7 rings (SSSR count). The molecule has 0 amide bonds. The van der Waals surface area contributed by atoms with Crippen LogP contribution in [0.25, 0.3) is 0 Å². The van der Waals surface area contributed by atoms with E-state index in [1.54, 1.807) is 35.5 Å². The molecule has 6 aromatic carbocycles. The van der Waals surface area contributed by atoms with Crippen LogP contribution in [0.15, 0.2) is 152 Å². The van der Waals surface area contributed by atoms with E-state index in [1.807, 2.05) is 152 Å². The van der Waals surface area contributed by atoms with E-state index in [9.17, 15) is 9.59 Å². The third-order valence-corrected chi connectivity index (χ3v) is 17.8. The first-order valence-corrected chi connectivity index (χ1v) is 34.5. The number of esters is 2. The van der Waals surface area contributed by atoms with E-state index in [1.165, 1.54) is 71.1 Å². The molecule has 18 nitrogen and oxygen atoms in total. The van der Waals surface area contributed by atoms with Crippen LogP contribution in [-0.4, -0.2) is 103 Å². The molecule has 3 unspecified atom stereocenters. The quantitative estimate of drug-likeness (QED) is 0.0199. The molecule has 6 aromatic rings. The lowest BCUT2D eigenvalue weighted by Gasteiger charge is -2.50. The van der Waals surface area contributed by atoms with Gasteiger partial charge in [0.2, 0.25) is 0 Å². The maximum Gasteiger partial charge on any atom is 0.475 e. The Morgan fingerprint density at radius 1 is 0.372 bits per heavy atom. The lowest BCUT2D eigenvalue weighted by atomic mass is 9.83. The second-order valence-corrected chi connectivity index (χ2v) is 25.1. The zero-order valence-corrected chi connectivity index (χ0v) is 56.9. The highest BCUT2D eigenvalue weighted by atomic mass is 31.2. The Morgan fingerprint density at radius 2 is 0.681 bits per heavy atom. The monoisotopic (exact) mass is 1320 g/mol. The molecule has 0 aliphatic heterocycles. The lowest BCUT2D eigenvalue weighted by molar-refractivity contribution is -0.280. The van der Waals surface area contributed by atoms with Crippen molar-refractivity contribution in [3.8, 4) is 28.7 Å². The molecule has 0 N–H and O–H groups in total. The Balaban J connectivity index is 1.24. The summed E-state index contributed by atoms with van der Waals surface area (Å²) in [4.78, 5) is 26.1. The molecule has 1 aliphatic rings. The van der Waals surface area contributed by atoms with Gasteiger partial charge in [0, 0.05) is 13.3 Å². The SMILES string of the molecule is CCCCCCCCCCCCCCCCC(=O)OC[C@H](COP(=O)(OCc1ccccc1)OC1[C@H](OCc2ccc(OC)cc2)[C@H](OCc2ccc(OC)cc2)C(OCc2ccc(OC)cc2)[C@H](OCc2ccc(OC)cc2)[C@H]1OCc1ccc(OC)cc1)OC(C)=O. The second-order valence-electron chi connectivity index (χ2n) is 23.5. The number of unbranched alkanes of at least 4 members (excludes halogenated alkanes) is 13. The van der Waals surface area contributed by atoms with Crippen LogP contribution < -0.4 is 23.7 Å². The van der Waals surface area contributed by atoms with Gasteiger partial charge in [0.05, 0.1) is 81.8 Å². The number of rotatable bonds is 46. The van der Waals surface area contributed by atoms with Crippen molar-refractivity contribution in [1.29, 1.82) is 0 Å². The molecule has 1 aliphatic carbocycles. The maximum atomic E-state index is 16.3. The highest BCUT2D eigenvalue weighted by Gasteiger charge is 2.57. The minimum atomic E-state index is -4.96. The average Bonchev–Trinajstić information content (AvgIpc) is 0.759. The fraction of sp³-hybridized carbons (Fsp3) is 0.493. The van der Waals surface area contributed by atoms with Crippen LogP contribution >= 0.6 is 7.82 Å². The molecule has 0 bridgehead atoms. The summed E-state index contributed by atoms with van der Waals surface area (Å²) in [6.45, 7) is 2.30. The van der Waals surface area contributed by atoms with Crippen molar-refractivity contribution in [2.24, 2.45) is 0 Å². The van der Waals surface area contributed by atoms with E-state index >= 15 is 4.57 Å². The van der Waals surface area contributed by atoms with Gasteiger partial charge in [-0.15, -0.1) is 0 Å². The highest BCUT2D eigenvalue weighted by Crippen LogP contribution is 2.54. The van der Waals surface area contributed by atoms with E-state index in [0.29, 0.717) is 40.7 Å². The fourth-order valence-corrected chi connectivity index (χ4v) is 12.4. The molecule has 0 radical (unpaired) electrons. The number of carbonyl (C=O) groups excluding carboxylic acids is 2. The molecule has 0 aromatic heterocycles. The van der Waals surface area contributed by atoms with Crippen molar-refractivity contribution in [3.05, 3.63) is 185 Å². The summed E-state index contributed by atoms with van der Waals surface area (Å²) in [5, 5.41) is 0. The Bertz CT molecular complexity index is 2960. The lowest BCUT2D eigenvalue weighted by Crippen LogP contribution is -2.67. The summed E-state index contributed by atoms with van der Waals surface area (Å²) in [7, 11) is 3.02. The predicted octanol–water partition coefficient (Wildman–Crippen LogP) is 16.0. The minimum Gasteiger partial charge on any atom is -0.497 e. The number of phosphoric acid groups is 1. The zero-order chi connectivity index (χ0) is 66.6. The standard InChI is InChI=1S/C75H99O18P/c1-8-9-10-11-12-13-14-15-16-17-18-19-20-24-27-69(77)84-54-68(92-56(2)76)55-91-94(78,90-53-57-25-22-21-23-26-57)93-75-73(88-51-61-34-44-66(82-6)45-35-61)71(86-49-59-30-40-64(80-4)41-31-59)70(85-48-58-28-38-63(79-3)39-29-58)72(87-50-60-32-42-65(81-5)43-33-60)74(75)89-52-62-36-46-67(83-7)47-37-62/h21-23,25-26,28-47,68,70-75H,8-20,24,27,48-55H2,1-7H3/t68-,70?,71-,72+,73-,74-,75?,94?/m1/s1. The van der Waals surface area contributed by atoms with Gasteiger partial charge in [-0.1, -0.05) is 181 Å². The Labute approximate surface area is 557 Å². The number of benzene rings is 6.